The molecule has 0 bridgehead atoms. The molecular weight excluding hydrogens is 425 g/mol. The van der Waals surface area contributed by atoms with E-state index in [1.807, 2.05) is 19.9 Å². The summed E-state index contributed by atoms with van der Waals surface area (Å²) in [5.74, 6) is -0.471. The molecule has 2 saturated heterocycles. The molecule has 2 N–H and O–H groups in total. The molecule has 8 nitrogen and oxygen atoms in total. The van der Waals surface area contributed by atoms with Crippen molar-refractivity contribution >= 4 is 17.7 Å². The summed E-state index contributed by atoms with van der Waals surface area (Å²) in [5.41, 5.74) is 3.87. The summed E-state index contributed by atoms with van der Waals surface area (Å²) in [6.07, 6.45) is 2.17. The van der Waals surface area contributed by atoms with E-state index in [2.05, 4.69) is 20.2 Å². The predicted molar refractivity (Wildman–Crippen MR) is 118 cm³/mol. The van der Waals surface area contributed by atoms with Crippen LogP contribution in [0.2, 0.25) is 0 Å². The lowest BCUT2D eigenvalue weighted by atomic mass is 9.87. The Morgan fingerprint density at radius 1 is 1.12 bits per heavy atom. The van der Waals surface area contributed by atoms with Gasteiger partial charge in [-0.3, -0.25) is 24.6 Å². The van der Waals surface area contributed by atoms with E-state index in [0.717, 1.165) is 55.3 Å². The number of fused-ring (bicyclic) bond motifs is 1. The Balaban J connectivity index is 1.27. The highest BCUT2D eigenvalue weighted by Gasteiger charge is 2.40. The monoisotopic (exact) mass is 453 g/mol. The van der Waals surface area contributed by atoms with Crippen molar-refractivity contribution in [1.29, 1.82) is 0 Å². The van der Waals surface area contributed by atoms with Gasteiger partial charge in [-0.2, -0.15) is 0 Å². The molecule has 1 aromatic heterocycles. The summed E-state index contributed by atoms with van der Waals surface area (Å²) < 4.78 is 15.1. The standard InChI is InChI=1S/C24H28FN5O3/c1-13-20(27-14(2)26-13)12-29-7-5-15(6-8-29)17-9-16-11-30(24(33)18(16)10-19(17)25)21-3-4-22(31)28-23(21)32/h9-10,15,21H,3-8,11-12H2,1-2H3,(H,26,27)(H,28,31,32). The number of piperidine rings is 2. The second kappa shape index (κ2) is 8.37. The zero-order chi connectivity index (χ0) is 23.3. The van der Waals surface area contributed by atoms with E-state index in [1.165, 1.54) is 11.0 Å². The number of carbonyl (C=O) groups excluding carboxylic acids is 3. The molecule has 9 heteroatoms. The molecule has 5 rings (SSSR count). The number of imide groups is 1. The number of hydrogen-bond donors (Lipinski definition) is 2. The van der Waals surface area contributed by atoms with Crippen LogP contribution < -0.4 is 5.32 Å². The largest absolute Gasteiger partial charge is 0.346 e. The fraction of sp³-hybridized carbons (Fsp3) is 0.500. The van der Waals surface area contributed by atoms with E-state index >= 15 is 4.39 Å². The van der Waals surface area contributed by atoms with E-state index in [4.69, 9.17) is 0 Å². The fourth-order valence-electron chi connectivity index (χ4n) is 5.35. The molecule has 1 aromatic carbocycles. The van der Waals surface area contributed by atoms with E-state index in [0.29, 0.717) is 17.5 Å². The maximum atomic E-state index is 15.1. The predicted octanol–water partition coefficient (Wildman–Crippen LogP) is 2.31. The number of aromatic nitrogens is 2. The first-order valence-electron chi connectivity index (χ1n) is 11.5. The van der Waals surface area contributed by atoms with Gasteiger partial charge in [0.2, 0.25) is 11.8 Å². The minimum atomic E-state index is -0.688. The maximum absolute atomic E-state index is 15.1. The molecule has 3 amide bonds. The highest BCUT2D eigenvalue weighted by molar-refractivity contribution is 6.05. The van der Waals surface area contributed by atoms with Gasteiger partial charge < -0.3 is 9.88 Å². The average Bonchev–Trinajstić information content (AvgIpc) is 3.26. The number of halogens is 1. The number of imidazole rings is 1. The van der Waals surface area contributed by atoms with Crippen molar-refractivity contribution in [3.05, 3.63) is 51.9 Å². The lowest BCUT2D eigenvalue weighted by Gasteiger charge is -2.32. The van der Waals surface area contributed by atoms with Crippen LogP contribution in [-0.2, 0) is 22.7 Å². The van der Waals surface area contributed by atoms with E-state index in [1.54, 1.807) is 0 Å². The van der Waals surface area contributed by atoms with Gasteiger partial charge in [0.15, 0.2) is 0 Å². The smallest absolute Gasteiger partial charge is 0.255 e. The van der Waals surface area contributed by atoms with Crippen molar-refractivity contribution in [2.75, 3.05) is 13.1 Å². The normalized spacial score (nSPS) is 22.1. The van der Waals surface area contributed by atoms with Crippen LogP contribution in [-0.4, -0.2) is 56.6 Å². The van der Waals surface area contributed by atoms with Crippen molar-refractivity contribution < 1.29 is 18.8 Å². The molecule has 0 aliphatic carbocycles. The molecule has 33 heavy (non-hydrogen) atoms. The fourth-order valence-corrected chi connectivity index (χ4v) is 5.35. The molecule has 174 valence electrons. The molecule has 2 fully saturated rings. The summed E-state index contributed by atoms with van der Waals surface area (Å²) >= 11 is 0. The van der Waals surface area contributed by atoms with Gasteiger partial charge in [-0.25, -0.2) is 9.37 Å². The molecule has 4 heterocycles. The molecule has 0 radical (unpaired) electrons. The number of rotatable bonds is 4. The minimum Gasteiger partial charge on any atom is -0.346 e. The van der Waals surface area contributed by atoms with Gasteiger partial charge >= 0.3 is 0 Å². The number of nitrogens with zero attached hydrogens (tertiary/aromatic N) is 3. The van der Waals surface area contributed by atoms with Crippen LogP contribution in [0.4, 0.5) is 4.39 Å². The van der Waals surface area contributed by atoms with Gasteiger partial charge in [0.05, 0.1) is 5.69 Å². The molecule has 3 aliphatic rings. The zero-order valence-corrected chi connectivity index (χ0v) is 18.9. The van der Waals surface area contributed by atoms with Gasteiger partial charge in [0.1, 0.15) is 17.7 Å². The number of amides is 3. The van der Waals surface area contributed by atoms with Gasteiger partial charge in [-0.15, -0.1) is 0 Å². The van der Waals surface area contributed by atoms with Crippen molar-refractivity contribution in [3.63, 3.8) is 0 Å². The number of carbonyl (C=O) groups is 3. The quantitative estimate of drug-likeness (QED) is 0.693. The van der Waals surface area contributed by atoms with Crippen molar-refractivity contribution in [2.45, 2.75) is 64.6 Å². The van der Waals surface area contributed by atoms with E-state index in [9.17, 15) is 14.4 Å². The maximum Gasteiger partial charge on any atom is 0.255 e. The van der Waals surface area contributed by atoms with Crippen LogP contribution in [0.1, 0.15) is 70.3 Å². The molecule has 2 aromatic rings. The van der Waals surface area contributed by atoms with Crippen LogP contribution in [0.15, 0.2) is 12.1 Å². The first-order chi connectivity index (χ1) is 15.8. The van der Waals surface area contributed by atoms with Crippen LogP contribution in [0.25, 0.3) is 0 Å². The summed E-state index contributed by atoms with van der Waals surface area (Å²) in [6.45, 7) is 6.74. The average molecular weight is 454 g/mol. The zero-order valence-electron chi connectivity index (χ0n) is 18.9. The number of likely N-dealkylation sites (tertiary alicyclic amines) is 1. The molecule has 0 saturated carbocycles. The molecule has 0 spiro atoms. The Kier molecular flexibility index (Phi) is 5.52. The Morgan fingerprint density at radius 3 is 2.55 bits per heavy atom. The minimum absolute atomic E-state index is 0.0910. The topological polar surface area (TPSA) is 98.4 Å². The lowest BCUT2D eigenvalue weighted by molar-refractivity contribution is -0.136. The van der Waals surface area contributed by atoms with Crippen LogP contribution in [0.5, 0.6) is 0 Å². The number of H-pyrrole nitrogens is 1. The van der Waals surface area contributed by atoms with Gasteiger partial charge in [-0.05, 0) is 69.3 Å². The van der Waals surface area contributed by atoms with Crippen LogP contribution >= 0.6 is 0 Å². The van der Waals surface area contributed by atoms with Crippen molar-refractivity contribution in [2.24, 2.45) is 0 Å². The first kappa shape index (κ1) is 21.8. The summed E-state index contributed by atoms with van der Waals surface area (Å²) in [7, 11) is 0. The highest BCUT2D eigenvalue weighted by atomic mass is 19.1. The number of hydrogen-bond acceptors (Lipinski definition) is 5. The summed E-state index contributed by atoms with van der Waals surface area (Å²) in [4.78, 5) is 48.2. The van der Waals surface area contributed by atoms with Crippen LogP contribution in [0, 0.1) is 19.7 Å². The summed E-state index contributed by atoms with van der Waals surface area (Å²) in [5, 5.41) is 2.30. The number of aromatic amines is 1. The molecule has 3 aliphatic heterocycles. The Hall–Kier alpha value is -3.07. The van der Waals surface area contributed by atoms with E-state index in [-0.39, 0.29) is 36.5 Å². The third kappa shape index (κ3) is 4.06. The summed E-state index contributed by atoms with van der Waals surface area (Å²) in [6, 6.07) is 2.46. The molecular formula is C24H28FN5O3. The second-order valence-electron chi connectivity index (χ2n) is 9.38. The number of aryl methyl sites for hydroxylation is 2. The molecule has 1 atom stereocenters. The third-order valence-corrected chi connectivity index (χ3v) is 7.15. The third-order valence-electron chi connectivity index (χ3n) is 7.15. The van der Waals surface area contributed by atoms with E-state index < -0.39 is 11.9 Å². The van der Waals surface area contributed by atoms with Crippen molar-refractivity contribution in [1.82, 2.24) is 25.1 Å². The Morgan fingerprint density at radius 2 is 1.88 bits per heavy atom. The first-order valence-corrected chi connectivity index (χ1v) is 11.5. The van der Waals surface area contributed by atoms with Crippen molar-refractivity contribution in [3.8, 4) is 0 Å². The molecule has 1 unspecified atom stereocenters. The van der Waals surface area contributed by atoms with Crippen LogP contribution in [0.3, 0.4) is 0 Å². The number of nitrogens with one attached hydrogen (secondary N) is 2. The van der Waals surface area contributed by atoms with Gasteiger partial charge in [0, 0.05) is 30.8 Å². The SMILES string of the molecule is Cc1nc(CN2CCC(c3cc4c(cc3F)C(=O)N(C3CCC(=O)NC3=O)C4)CC2)c(C)[nH]1. The highest BCUT2D eigenvalue weighted by Crippen LogP contribution is 2.35. The second-order valence-corrected chi connectivity index (χ2v) is 9.38. The number of benzene rings is 1. The van der Waals surface area contributed by atoms with Gasteiger partial charge in [-0.1, -0.05) is 6.07 Å². The van der Waals surface area contributed by atoms with Gasteiger partial charge in [0.25, 0.3) is 5.91 Å². The Labute approximate surface area is 191 Å². The Bertz CT molecular complexity index is 1140. The lowest BCUT2D eigenvalue weighted by Crippen LogP contribution is -2.52.